The van der Waals surface area contributed by atoms with E-state index < -0.39 is 24.8 Å². The lowest BCUT2D eigenvalue weighted by Gasteiger charge is -2.44. The summed E-state index contributed by atoms with van der Waals surface area (Å²) in [6, 6.07) is 14.1. The lowest BCUT2D eigenvalue weighted by molar-refractivity contribution is -0.0515. The molecule has 2 bridgehead atoms. The van der Waals surface area contributed by atoms with E-state index in [-0.39, 0.29) is 51.2 Å². The Labute approximate surface area is 319 Å². The van der Waals surface area contributed by atoms with Crippen LogP contribution in [-0.2, 0) is 22.4 Å². The van der Waals surface area contributed by atoms with Crippen molar-refractivity contribution in [2.75, 3.05) is 31.1 Å². The molecule has 3 aliphatic heterocycles. The van der Waals surface area contributed by atoms with E-state index in [4.69, 9.17) is 42.1 Å². The summed E-state index contributed by atoms with van der Waals surface area (Å²) in [6.45, 7) is 0.0271. The monoisotopic (exact) mass is 787 g/mol. The number of rotatable bonds is 14. The highest BCUT2D eigenvalue weighted by molar-refractivity contribution is 7.14. The van der Waals surface area contributed by atoms with Crippen LogP contribution >= 0.6 is 34.5 Å². The maximum Gasteiger partial charge on any atom is 0.414 e. The molecule has 5 heterocycles. The smallest absolute Gasteiger partial charge is 0.414 e. The Hall–Kier alpha value is -4.17. The molecule has 0 radical (unpaired) electrons. The molecule has 280 valence electrons. The van der Waals surface area contributed by atoms with Crippen molar-refractivity contribution in [2.45, 2.75) is 57.5 Å². The Balaban J connectivity index is 1.12. The van der Waals surface area contributed by atoms with Crippen molar-refractivity contribution in [3.8, 4) is 17.2 Å². The molecule has 2 aromatic heterocycles. The number of fused-ring (bicyclic) bond motifs is 3. The van der Waals surface area contributed by atoms with Gasteiger partial charge in [0, 0.05) is 36.3 Å². The fourth-order valence-corrected chi connectivity index (χ4v) is 8.04. The van der Waals surface area contributed by atoms with E-state index in [0.717, 1.165) is 50.1 Å². The number of pyridine rings is 1. The average Bonchev–Trinajstić information content (AvgIpc) is 3.85. The van der Waals surface area contributed by atoms with Crippen molar-refractivity contribution in [3.63, 3.8) is 0 Å². The second-order valence-electron chi connectivity index (χ2n) is 13.5. The minimum Gasteiger partial charge on any atom is -0.508 e. The van der Waals surface area contributed by atoms with Crippen LogP contribution in [0.1, 0.15) is 57.5 Å². The quantitative estimate of drug-likeness (QED) is 0.125. The third-order valence-corrected chi connectivity index (χ3v) is 11.4. The summed E-state index contributed by atoms with van der Waals surface area (Å²) in [6.07, 6.45) is 5.07. The van der Waals surface area contributed by atoms with Crippen LogP contribution in [0.25, 0.3) is 0 Å². The number of ether oxygens (including phenoxy) is 4. The van der Waals surface area contributed by atoms with Gasteiger partial charge in [-0.1, -0.05) is 35.3 Å². The molecule has 4 aliphatic rings. The van der Waals surface area contributed by atoms with Gasteiger partial charge in [-0.05, 0) is 98.1 Å². The molecule has 4 aromatic rings. The van der Waals surface area contributed by atoms with Gasteiger partial charge in [0.25, 0.3) is 0 Å². The molecule has 10 nitrogen and oxygen atoms in total. The van der Waals surface area contributed by atoms with Crippen molar-refractivity contribution in [2.24, 2.45) is 11.8 Å². The number of esters is 1. The second-order valence-corrected chi connectivity index (χ2v) is 15.4. The number of aromatic hydroxyl groups is 1. The normalized spacial score (nSPS) is 19.8. The van der Waals surface area contributed by atoms with Gasteiger partial charge in [-0.15, -0.1) is 11.3 Å². The Morgan fingerprint density at radius 2 is 1.77 bits per heavy atom. The summed E-state index contributed by atoms with van der Waals surface area (Å²) in [7, 11) is 0. The average molecular weight is 789 g/mol. The number of alkyl halides is 2. The summed E-state index contributed by atoms with van der Waals surface area (Å²) in [5.41, 5.74) is 1.36. The van der Waals surface area contributed by atoms with E-state index in [9.17, 15) is 23.5 Å². The number of phenols is 1. The maximum absolute atomic E-state index is 13.8. The number of carbonyl (C=O) groups excluding carboxylic acids is 2. The molecule has 1 N–H and O–H groups in total. The molecule has 8 rings (SSSR count). The van der Waals surface area contributed by atoms with Gasteiger partial charge in [0.1, 0.15) is 22.8 Å². The van der Waals surface area contributed by atoms with Gasteiger partial charge < -0.3 is 24.1 Å². The number of piperidine rings is 3. The first-order valence-electron chi connectivity index (χ1n) is 17.4. The van der Waals surface area contributed by atoms with Crippen molar-refractivity contribution in [3.05, 3.63) is 97.9 Å². The first kappa shape index (κ1) is 37.2. The number of nitrogens with zero attached hydrogens (tertiary/aromatic N) is 3. The first-order chi connectivity index (χ1) is 25.6. The Bertz CT molecular complexity index is 1920. The fourth-order valence-electron chi connectivity index (χ4n) is 6.64. The van der Waals surface area contributed by atoms with E-state index >= 15 is 0 Å². The van der Waals surface area contributed by atoms with E-state index in [1.807, 2.05) is 0 Å². The van der Waals surface area contributed by atoms with Crippen LogP contribution in [-0.4, -0.2) is 66.0 Å². The van der Waals surface area contributed by atoms with Gasteiger partial charge in [-0.2, -0.15) is 8.78 Å². The highest BCUT2D eigenvalue weighted by Crippen LogP contribution is 2.39. The molecule has 2 atom stereocenters. The van der Waals surface area contributed by atoms with E-state index in [1.165, 1.54) is 47.6 Å². The van der Waals surface area contributed by atoms with Gasteiger partial charge in [0.2, 0.25) is 0 Å². The summed E-state index contributed by atoms with van der Waals surface area (Å²) in [4.78, 5) is 36.2. The van der Waals surface area contributed by atoms with Crippen LogP contribution in [0, 0.1) is 11.8 Å². The third-order valence-electron chi connectivity index (χ3n) is 9.71. The van der Waals surface area contributed by atoms with Crippen molar-refractivity contribution in [1.82, 2.24) is 9.88 Å². The van der Waals surface area contributed by atoms with Crippen molar-refractivity contribution in [1.29, 1.82) is 0 Å². The van der Waals surface area contributed by atoms with Crippen LogP contribution < -0.4 is 14.4 Å². The largest absolute Gasteiger partial charge is 0.508 e. The lowest BCUT2D eigenvalue weighted by atomic mass is 9.86. The van der Waals surface area contributed by atoms with E-state index in [2.05, 4.69) is 9.88 Å². The number of aromatic nitrogens is 1. The molecular weight excluding hydrogens is 751 g/mol. The van der Waals surface area contributed by atoms with Gasteiger partial charge >= 0.3 is 18.7 Å². The molecule has 1 amide bonds. The van der Waals surface area contributed by atoms with Gasteiger partial charge in [-0.3, -0.25) is 14.8 Å². The number of phenolic OH excluding ortho intramolecular Hbond substituents is 1. The number of thiophene rings is 1. The van der Waals surface area contributed by atoms with Crippen LogP contribution in [0.15, 0.2) is 67.0 Å². The van der Waals surface area contributed by atoms with Gasteiger partial charge in [-0.25, -0.2) is 9.59 Å². The summed E-state index contributed by atoms with van der Waals surface area (Å²) in [5.74, 6) is -0.0794. The molecule has 1 saturated carbocycles. The molecule has 4 fully saturated rings. The number of anilines is 1. The van der Waals surface area contributed by atoms with Crippen molar-refractivity contribution < 1.29 is 42.4 Å². The molecule has 0 unspecified atom stereocenters. The van der Waals surface area contributed by atoms with Crippen LogP contribution in [0.5, 0.6) is 17.2 Å². The predicted octanol–water partition coefficient (Wildman–Crippen LogP) is 8.92. The zero-order valence-electron chi connectivity index (χ0n) is 28.5. The van der Waals surface area contributed by atoms with Crippen LogP contribution in [0.4, 0.5) is 19.3 Å². The Morgan fingerprint density at radius 3 is 2.45 bits per heavy atom. The molecule has 15 heteroatoms. The molecule has 1 aliphatic carbocycles. The SMILES string of the molecule is O=C(O[C@@H](Cc1c(Cl)cncc1Cl)c1ccc(OC(F)F)c(OCC2CC2)c1)c1ccc(CN(C(=O)O[C@H]2CN3CCC2CC3)c2cccc(O)c2)s1. The Kier molecular flexibility index (Phi) is 11.5. The zero-order chi connectivity index (χ0) is 37.1. The highest BCUT2D eigenvalue weighted by Gasteiger charge is 2.38. The number of hydrogen-bond acceptors (Lipinski definition) is 10. The number of benzene rings is 2. The standard InChI is InChI=1S/C38H37Cl2F2N3O7S/c39-29-17-43-18-30(40)28(29)16-32(24-6-8-31(51-37(41)42)33(14-24)49-21-22-4-5-22)50-36(47)35-9-7-27(53-35)19-45(25-2-1-3-26(46)15-25)38(48)52-34-20-44-12-10-23(34)11-13-44/h1-3,6-9,14-15,17-18,22-23,32,34,37,46H,4-5,10-13,16,19-21H2/t32-,34-/m0/s1. The zero-order valence-corrected chi connectivity index (χ0v) is 30.8. The van der Waals surface area contributed by atoms with Crippen LogP contribution in [0.2, 0.25) is 10.0 Å². The molecule has 0 spiro atoms. The Morgan fingerprint density at radius 1 is 1.00 bits per heavy atom. The second kappa shape index (κ2) is 16.5. The van der Waals surface area contributed by atoms with E-state index in [1.54, 1.807) is 24.3 Å². The number of hydrogen-bond donors (Lipinski definition) is 1. The highest BCUT2D eigenvalue weighted by atomic mass is 35.5. The third kappa shape index (κ3) is 9.32. The summed E-state index contributed by atoms with van der Waals surface area (Å²) < 4.78 is 49.3. The summed E-state index contributed by atoms with van der Waals surface area (Å²) in [5, 5.41) is 10.7. The summed E-state index contributed by atoms with van der Waals surface area (Å²) >= 11 is 14.1. The molecule has 3 saturated heterocycles. The number of halogens is 4. The fraction of sp³-hybridized carbons (Fsp3) is 0.395. The first-order valence-corrected chi connectivity index (χ1v) is 19.0. The topological polar surface area (TPSA) is 111 Å². The van der Waals surface area contributed by atoms with E-state index in [0.29, 0.717) is 46.7 Å². The molecule has 2 aromatic carbocycles. The minimum absolute atomic E-state index is 0.00563. The van der Waals surface area contributed by atoms with Gasteiger partial charge in [0.15, 0.2) is 11.5 Å². The molecule has 53 heavy (non-hydrogen) atoms. The lowest BCUT2D eigenvalue weighted by Crippen LogP contribution is -2.53. The van der Waals surface area contributed by atoms with Crippen LogP contribution in [0.3, 0.4) is 0 Å². The van der Waals surface area contributed by atoms with Crippen molar-refractivity contribution >= 4 is 52.3 Å². The predicted molar refractivity (Wildman–Crippen MR) is 195 cm³/mol. The maximum atomic E-state index is 13.8. The van der Waals surface area contributed by atoms with Gasteiger partial charge in [0.05, 0.1) is 28.9 Å². The molecular formula is C38H37Cl2F2N3O7S. The number of amides is 1. The number of carbonyl (C=O) groups is 2. The minimum atomic E-state index is -3.06.